The zero-order valence-electron chi connectivity index (χ0n) is 17.7. The van der Waals surface area contributed by atoms with Crippen molar-refractivity contribution in [2.24, 2.45) is 14.1 Å². The van der Waals surface area contributed by atoms with E-state index in [2.05, 4.69) is 9.88 Å². The molecule has 10 nitrogen and oxygen atoms in total. The summed E-state index contributed by atoms with van der Waals surface area (Å²) in [5.41, 5.74) is -0.436. The second-order valence-electron chi connectivity index (χ2n) is 7.24. The molecular formula is C21H20N4O6S. The van der Waals surface area contributed by atoms with Crippen molar-refractivity contribution in [2.75, 3.05) is 4.72 Å². The van der Waals surface area contributed by atoms with Crippen molar-refractivity contribution in [1.82, 2.24) is 14.3 Å². The maximum Gasteiger partial charge on any atom is 0.316 e. The molecule has 0 aliphatic rings. The number of nitrogens with zero attached hydrogens (tertiary/aromatic N) is 3. The Morgan fingerprint density at radius 2 is 1.56 bits per heavy atom. The third-order valence-electron chi connectivity index (χ3n) is 5.04. The van der Waals surface area contributed by atoms with Gasteiger partial charge in [0.1, 0.15) is 11.4 Å². The Kier molecular flexibility index (Phi) is 5.13. The normalized spacial score (nSPS) is 11.6. The summed E-state index contributed by atoms with van der Waals surface area (Å²) in [7, 11) is -1.19. The van der Waals surface area contributed by atoms with Crippen LogP contribution in [0.15, 0.2) is 61.5 Å². The van der Waals surface area contributed by atoms with Crippen LogP contribution in [0.3, 0.4) is 0 Å². The first-order chi connectivity index (χ1) is 15.1. The van der Waals surface area contributed by atoms with Crippen molar-refractivity contribution >= 4 is 26.7 Å². The average molecular weight is 456 g/mol. The highest BCUT2D eigenvalue weighted by Crippen LogP contribution is 2.35. The molecule has 0 amide bonds. The summed E-state index contributed by atoms with van der Waals surface area (Å²) < 4.78 is 42.1. The molecule has 0 saturated heterocycles. The lowest BCUT2D eigenvalue weighted by Gasteiger charge is -2.17. The summed E-state index contributed by atoms with van der Waals surface area (Å²) >= 11 is 0. The highest BCUT2D eigenvalue weighted by atomic mass is 32.2. The highest BCUT2D eigenvalue weighted by Gasteiger charge is 2.26. The van der Waals surface area contributed by atoms with Crippen molar-refractivity contribution in [2.45, 2.75) is 18.7 Å². The van der Waals surface area contributed by atoms with Gasteiger partial charge in [0.15, 0.2) is 16.4 Å². The number of aromatic nitrogens is 3. The van der Waals surface area contributed by atoms with E-state index in [0.717, 1.165) is 4.57 Å². The smallest absolute Gasteiger partial charge is 0.316 e. The van der Waals surface area contributed by atoms with E-state index in [-0.39, 0.29) is 27.8 Å². The first-order valence-corrected chi connectivity index (χ1v) is 11.0. The number of fused-ring (bicyclic) bond motifs is 1. The molecule has 0 aliphatic heterocycles. The molecule has 0 saturated carbocycles. The van der Waals surface area contributed by atoms with Crippen molar-refractivity contribution < 1.29 is 17.7 Å². The van der Waals surface area contributed by atoms with Crippen molar-refractivity contribution in [3.63, 3.8) is 0 Å². The van der Waals surface area contributed by atoms with Gasteiger partial charge in [-0.1, -0.05) is 23.4 Å². The molecule has 0 aliphatic carbocycles. The fraction of sp³-hybridized carbons (Fsp3) is 0.190. The quantitative estimate of drug-likeness (QED) is 0.457. The lowest BCUT2D eigenvalue weighted by Crippen LogP contribution is -2.39. The van der Waals surface area contributed by atoms with Crippen LogP contribution in [0, 0.1) is 13.8 Å². The molecule has 4 aromatic rings. The van der Waals surface area contributed by atoms with E-state index in [1.54, 1.807) is 24.3 Å². The number of ether oxygens (including phenoxy) is 1. The summed E-state index contributed by atoms with van der Waals surface area (Å²) in [5.74, 6) is 0.739. The number of anilines is 1. The number of sulfonamides is 1. The third-order valence-corrected chi connectivity index (χ3v) is 6.65. The predicted molar refractivity (Wildman–Crippen MR) is 118 cm³/mol. The first-order valence-electron chi connectivity index (χ1n) is 9.52. The Balaban J connectivity index is 1.96. The van der Waals surface area contributed by atoms with E-state index >= 15 is 0 Å². The van der Waals surface area contributed by atoms with Crippen LogP contribution >= 0.6 is 0 Å². The van der Waals surface area contributed by atoms with Gasteiger partial charge in [-0.3, -0.25) is 14.3 Å². The molecule has 2 aromatic carbocycles. The fourth-order valence-corrected chi connectivity index (χ4v) is 4.83. The van der Waals surface area contributed by atoms with Crippen LogP contribution in [0.5, 0.6) is 11.5 Å². The Morgan fingerprint density at radius 3 is 2.12 bits per heavy atom. The van der Waals surface area contributed by atoms with Gasteiger partial charge in [0.25, 0.3) is 10.0 Å². The molecule has 166 valence electrons. The van der Waals surface area contributed by atoms with Crippen LogP contribution in [-0.2, 0) is 24.1 Å². The zero-order valence-corrected chi connectivity index (χ0v) is 18.6. The van der Waals surface area contributed by atoms with Gasteiger partial charge in [-0.05, 0) is 32.0 Å². The summed E-state index contributed by atoms with van der Waals surface area (Å²) in [5, 5.41) is 3.70. The number of hydrogen-bond acceptors (Lipinski definition) is 7. The maximum absolute atomic E-state index is 13.1. The van der Waals surface area contributed by atoms with Gasteiger partial charge in [0.2, 0.25) is 0 Å². The van der Waals surface area contributed by atoms with E-state index in [1.807, 2.05) is 6.07 Å². The van der Waals surface area contributed by atoms with Gasteiger partial charge >= 0.3 is 11.1 Å². The number of aryl methyl sites for hydroxylation is 4. The van der Waals surface area contributed by atoms with Crippen molar-refractivity contribution in [3.05, 3.63) is 74.6 Å². The summed E-state index contributed by atoms with van der Waals surface area (Å²) in [4.78, 5) is 24.5. The number of nitrogens with one attached hydrogen (secondary N) is 1. The largest absolute Gasteiger partial charge is 0.455 e. The minimum atomic E-state index is -4.10. The van der Waals surface area contributed by atoms with Crippen LogP contribution < -0.4 is 20.6 Å². The van der Waals surface area contributed by atoms with Crippen LogP contribution in [0.1, 0.15) is 11.5 Å². The number of rotatable bonds is 5. The predicted octanol–water partition coefficient (Wildman–Crippen LogP) is 2.44. The molecule has 0 fully saturated rings. The Bertz CT molecular complexity index is 1550. The summed E-state index contributed by atoms with van der Waals surface area (Å²) in [6, 6.07) is 11.7. The van der Waals surface area contributed by atoms with Gasteiger partial charge in [0.05, 0.1) is 16.7 Å². The van der Waals surface area contributed by atoms with Crippen LogP contribution in [0.4, 0.5) is 5.69 Å². The van der Waals surface area contributed by atoms with Crippen molar-refractivity contribution in [1.29, 1.82) is 0 Å². The molecular weight excluding hydrogens is 436 g/mol. The summed E-state index contributed by atoms with van der Waals surface area (Å²) in [6.45, 7) is 3.02. The van der Waals surface area contributed by atoms with E-state index in [4.69, 9.17) is 9.26 Å². The van der Waals surface area contributed by atoms with Gasteiger partial charge in [-0.25, -0.2) is 8.42 Å². The molecule has 2 heterocycles. The van der Waals surface area contributed by atoms with E-state index in [1.165, 1.54) is 44.6 Å². The minimum Gasteiger partial charge on any atom is -0.455 e. The SMILES string of the molecule is Cc1noc(C)c1S(=O)(=O)Nc1cc2c(cc1Oc1ccccc1)n(C)c(=O)c(=O)n2C. The zero-order chi connectivity index (χ0) is 23.2. The van der Waals surface area contributed by atoms with Gasteiger partial charge in [-0.2, -0.15) is 0 Å². The van der Waals surface area contributed by atoms with E-state index < -0.39 is 21.1 Å². The molecule has 1 N–H and O–H groups in total. The first kappa shape index (κ1) is 21.4. The number of benzene rings is 2. The van der Waals surface area contributed by atoms with E-state index in [0.29, 0.717) is 16.8 Å². The topological polar surface area (TPSA) is 125 Å². The Labute approximate surface area is 182 Å². The number of hydrogen-bond donors (Lipinski definition) is 1. The molecule has 11 heteroatoms. The van der Waals surface area contributed by atoms with Crippen LogP contribution in [-0.4, -0.2) is 22.7 Å². The Morgan fingerprint density at radius 1 is 0.969 bits per heavy atom. The maximum atomic E-state index is 13.1. The lowest BCUT2D eigenvalue weighted by molar-refractivity contribution is 0.390. The monoisotopic (exact) mass is 456 g/mol. The molecule has 2 aromatic heterocycles. The molecule has 0 spiro atoms. The molecule has 4 rings (SSSR count). The fourth-order valence-electron chi connectivity index (χ4n) is 3.43. The molecule has 0 unspecified atom stereocenters. The minimum absolute atomic E-state index is 0.0787. The Hall–Kier alpha value is -3.86. The molecule has 0 radical (unpaired) electrons. The van der Waals surface area contributed by atoms with Gasteiger partial charge in [0, 0.05) is 20.2 Å². The van der Waals surface area contributed by atoms with Crippen LogP contribution in [0.2, 0.25) is 0 Å². The number of para-hydroxylation sites is 1. The molecule has 0 bridgehead atoms. The van der Waals surface area contributed by atoms with Crippen molar-refractivity contribution in [3.8, 4) is 11.5 Å². The molecule has 0 atom stereocenters. The lowest BCUT2D eigenvalue weighted by atomic mass is 10.2. The highest BCUT2D eigenvalue weighted by molar-refractivity contribution is 7.92. The second-order valence-corrected chi connectivity index (χ2v) is 8.86. The second kappa shape index (κ2) is 7.68. The third kappa shape index (κ3) is 3.56. The van der Waals surface area contributed by atoms with Crippen LogP contribution in [0.25, 0.3) is 11.0 Å². The summed E-state index contributed by atoms with van der Waals surface area (Å²) in [6.07, 6.45) is 0. The van der Waals surface area contributed by atoms with E-state index in [9.17, 15) is 18.0 Å². The van der Waals surface area contributed by atoms with Gasteiger partial charge < -0.3 is 18.4 Å². The standard InChI is InChI=1S/C21H20N4O6S/c1-12-19(13(2)31-22-12)32(28,29)23-15-10-16-17(25(4)21(27)20(26)24(16)3)11-18(15)30-14-8-6-5-7-9-14/h5-11,23H,1-4H3. The van der Waals surface area contributed by atoms with Gasteiger partial charge in [-0.15, -0.1) is 0 Å². The average Bonchev–Trinajstić information content (AvgIpc) is 3.11. The molecule has 32 heavy (non-hydrogen) atoms.